The fourth-order valence-corrected chi connectivity index (χ4v) is 3.71. The lowest BCUT2D eigenvalue weighted by Gasteiger charge is -2.29. The standard InChI is InChI=1S/C22H26FN3O3/c1-16(2)3-5-19-15-26(22(27)29-19)18-7-8-25(14-18)17-4-6-21(20(23)13-17)24-9-11-28-12-10-24/h4,6-8,13-14,19H,1,3,5,9-12,15H2,2H3. The second-order valence-corrected chi connectivity index (χ2v) is 7.62. The van der Waals surface area contributed by atoms with Crippen LogP contribution in [0.15, 0.2) is 48.8 Å². The van der Waals surface area contributed by atoms with E-state index in [0.29, 0.717) is 44.2 Å². The lowest BCUT2D eigenvalue weighted by Crippen LogP contribution is -2.36. The molecule has 2 fully saturated rings. The van der Waals surface area contributed by atoms with Gasteiger partial charge in [0, 0.05) is 31.2 Å². The van der Waals surface area contributed by atoms with Crippen LogP contribution in [0, 0.1) is 5.82 Å². The molecule has 1 amide bonds. The third-order valence-corrected chi connectivity index (χ3v) is 5.34. The molecule has 0 saturated carbocycles. The lowest BCUT2D eigenvalue weighted by atomic mass is 10.1. The second kappa shape index (κ2) is 8.29. The van der Waals surface area contributed by atoms with Gasteiger partial charge < -0.3 is 18.9 Å². The van der Waals surface area contributed by atoms with Crippen LogP contribution in [-0.4, -0.2) is 49.6 Å². The maximum absolute atomic E-state index is 14.7. The number of benzene rings is 1. The molecular formula is C22H26FN3O3. The smallest absolute Gasteiger partial charge is 0.414 e. The summed E-state index contributed by atoms with van der Waals surface area (Å²) < 4.78 is 27.3. The van der Waals surface area contributed by atoms with Gasteiger partial charge in [0.05, 0.1) is 31.1 Å². The topological polar surface area (TPSA) is 46.9 Å². The summed E-state index contributed by atoms with van der Waals surface area (Å²) in [6.45, 7) is 8.98. The Balaban J connectivity index is 1.47. The van der Waals surface area contributed by atoms with E-state index in [-0.39, 0.29) is 18.0 Å². The number of allylic oxidation sites excluding steroid dienone is 1. The summed E-state index contributed by atoms with van der Waals surface area (Å²) in [6, 6.07) is 7.05. The number of carbonyl (C=O) groups is 1. The van der Waals surface area contributed by atoms with Gasteiger partial charge in [-0.15, -0.1) is 6.58 Å². The van der Waals surface area contributed by atoms with Gasteiger partial charge in [0.2, 0.25) is 0 Å². The van der Waals surface area contributed by atoms with Crippen LogP contribution in [0.3, 0.4) is 0 Å². The van der Waals surface area contributed by atoms with E-state index in [4.69, 9.17) is 9.47 Å². The van der Waals surface area contributed by atoms with E-state index in [0.717, 1.165) is 24.1 Å². The molecule has 0 N–H and O–H groups in total. The molecule has 1 atom stereocenters. The summed E-state index contributed by atoms with van der Waals surface area (Å²) in [5.74, 6) is -0.264. The average molecular weight is 399 g/mol. The van der Waals surface area contributed by atoms with Gasteiger partial charge in [-0.25, -0.2) is 9.18 Å². The molecule has 6 nitrogen and oxygen atoms in total. The zero-order chi connectivity index (χ0) is 20.4. The van der Waals surface area contributed by atoms with E-state index in [1.54, 1.807) is 11.0 Å². The Morgan fingerprint density at radius 2 is 2.03 bits per heavy atom. The van der Waals surface area contributed by atoms with E-state index in [1.165, 1.54) is 6.07 Å². The van der Waals surface area contributed by atoms with Crippen LogP contribution in [0.25, 0.3) is 5.69 Å². The Morgan fingerprint density at radius 1 is 1.24 bits per heavy atom. The van der Waals surface area contributed by atoms with E-state index < -0.39 is 0 Å². The molecular weight excluding hydrogens is 373 g/mol. The van der Waals surface area contributed by atoms with Crippen LogP contribution in [0.1, 0.15) is 19.8 Å². The molecule has 7 heteroatoms. The van der Waals surface area contributed by atoms with Crippen LogP contribution >= 0.6 is 0 Å². The number of ether oxygens (including phenoxy) is 2. The highest BCUT2D eigenvalue weighted by atomic mass is 19.1. The number of hydrogen-bond acceptors (Lipinski definition) is 4. The van der Waals surface area contributed by atoms with Gasteiger partial charge in [-0.3, -0.25) is 4.90 Å². The zero-order valence-electron chi connectivity index (χ0n) is 16.6. The van der Waals surface area contributed by atoms with Crippen molar-refractivity contribution in [2.45, 2.75) is 25.9 Å². The Morgan fingerprint density at radius 3 is 2.76 bits per heavy atom. The first kappa shape index (κ1) is 19.5. The Bertz CT molecular complexity index is 904. The summed E-state index contributed by atoms with van der Waals surface area (Å²) in [5, 5.41) is 0. The van der Waals surface area contributed by atoms with Crippen molar-refractivity contribution < 1.29 is 18.7 Å². The summed E-state index contributed by atoms with van der Waals surface area (Å²) in [7, 11) is 0. The molecule has 2 aliphatic rings. The van der Waals surface area contributed by atoms with Gasteiger partial charge in [0.25, 0.3) is 0 Å². The third kappa shape index (κ3) is 4.29. The lowest BCUT2D eigenvalue weighted by molar-refractivity contribution is 0.122. The number of amides is 1. The quantitative estimate of drug-likeness (QED) is 0.685. The first-order chi connectivity index (χ1) is 14.0. The Hall–Kier alpha value is -2.80. The van der Waals surface area contributed by atoms with Crippen LogP contribution in [0.5, 0.6) is 0 Å². The normalized spacial score (nSPS) is 19.5. The minimum atomic E-state index is -0.344. The molecule has 2 aliphatic heterocycles. The maximum atomic E-state index is 14.7. The van der Waals surface area contributed by atoms with E-state index >= 15 is 0 Å². The minimum absolute atomic E-state index is 0.132. The maximum Gasteiger partial charge on any atom is 0.414 e. The molecule has 0 spiro atoms. The highest BCUT2D eigenvalue weighted by Gasteiger charge is 2.32. The molecule has 4 rings (SSSR count). The van der Waals surface area contributed by atoms with Crippen molar-refractivity contribution in [1.29, 1.82) is 0 Å². The largest absolute Gasteiger partial charge is 0.444 e. The summed E-state index contributed by atoms with van der Waals surface area (Å²) in [5.41, 5.74) is 3.11. The summed E-state index contributed by atoms with van der Waals surface area (Å²) in [6.07, 6.45) is 4.78. The number of halogens is 1. The fourth-order valence-electron chi connectivity index (χ4n) is 3.71. The predicted molar refractivity (Wildman–Crippen MR) is 110 cm³/mol. The molecule has 1 aromatic heterocycles. The minimum Gasteiger partial charge on any atom is -0.444 e. The molecule has 2 saturated heterocycles. The number of carbonyl (C=O) groups excluding carboxylic acids is 1. The number of anilines is 2. The molecule has 1 unspecified atom stereocenters. The number of hydrogen-bond donors (Lipinski definition) is 0. The van der Waals surface area contributed by atoms with Gasteiger partial charge in [0.15, 0.2) is 0 Å². The molecule has 0 aliphatic carbocycles. The van der Waals surface area contributed by atoms with Crippen molar-refractivity contribution in [2.75, 3.05) is 42.6 Å². The number of rotatable bonds is 6. The van der Waals surface area contributed by atoms with Gasteiger partial charge in [-0.1, -0.05) is 5.57 Å². The molecule has 1 aromatic carbocycles. The number of cyclic esters (lactones) is 1. The van der Waals surface area contributed by atoms with Crippen LogP contribution in [0.2, 0.25) is 0 Å². The van der Waals surface area contributed by atoms with E-state index in [9.17, 15) is 9.18 Å². The second-order valence-electron chi connectivity index (χ2n) is 7.62. The number of morpholine rings is 1. The molecule has 29 heavy (non-hydrogen) atoms. The first-order valence-electron chi connectivity index (χ1n) is 9.94. The van der Waals surface area contributed by atoms with Crippen LogP contribution in [-0.2, 0) is 9.47 Å². The molecule has 2 aromatic rings. The predicted octanol–water partition coefficient (Wildman–Crippen LogP) is 4.13. The Kier molecular flexibility index (Phi) is 5.58. The molecule has 0 bridgehead atoms. The molecule has 3 heterocycles. The Labute approximate surface area is 170 Å². The first-order valence-corrected chi connectivity index (χ1v) is 9.94. The van der Waals surface area contributed by atoms with Gasteiger partial charge in [-0.05, 0) is 44.0 Å². The van der Waals surface area contributed by atoms with Crippen LogP contribution in [0.4, 0.5) is 20.6 Å². The fraction of sp³-hybridized carbons (Fsp3) is 0.409. The van der Waals surface area contributed by atoms with Gasteiger partial charge >= 0.3 is 6.09 Å². The average Bonchev–Trinajstić information content (AvgIpc) is 3.33. The monoisotopic (exact) mass is 399 g/mol. The number of aromatic nitrogens is 1. The van der Waals surface area contributed by atoms with Crippen molar-refractivity contribution in [2.24, 2.45) is 0 Å². The van der Waals surface area contributed by atoms with E-state index in [1.807, 2.05) is 40.9 Å². The van der Waals surface area contributed by atoms with Crippen LogP contribution < -0.4 is 9.80 Å². The van der Waals surface area contributed by atoms with Crippen molar-refractivity contribution in [3.63, 3.8) is 0 Å². The SMILES string of the molecule is C=C(C)CCC1CN(c2ccn(-c3ccc(N4CCOCC4)c(F)c3)c2)C(=O)O1. The third-order valence-electron chi connectivity index (χ3n) is 5.34. The molecule has 154 valence electrons. The highest BCUT2D eigenvalue weighted by Crippen LogP contribution is 2.28. The summed E-state index contributed by atoms with van der Waals surface area (Å²) in [4.78, 5) is 15.9. The highest BCUT2D eigenvalue weighted by molar-refractivity contribution is 5.89. The van der Waals surface area contributed by atoms with Crippen molar-refractivity contribution in [3.8, 4) is 5.69 Å². The number of nitrogens with zero attached hydrogens (tertiary/aromatic N) is 3. The molecule has 0 radical (unpaired) electrons. The van der Waals surface area contributed by atoms with Crippen molar-refractivity contribution in [3.05, 3.63) is 54.6 Å². The zero-order valence-corrected chi connectivity index (χ0v) is 16.6. The van der Waals surface area contributed by atoms with Gasteiger partial charge in [0.1, 0.15) is 11.9 Å². The van der Waals surface area contributed by atoms with E-state index in [2.05, 4.69) is 6.58 Å². The van der Waals surface area contributed by atoms with Crippen molar-refractivity contribution in [1.82, 2.24) is 4.57 Å². The van der Waals surface area contributed by atoms with Gasteiger partial charge in [-0.2, -0.15) is 0 Å². The van der Waals surface area contributed by atoms with Crippen molar-refractivity contribution >= 4 is 17.5 Å². The summed E-state index contributed by atoms with van der Waals surface area (Å²) >= 11 is 0.